The zero-order chi connectivity index (χ0) is 13.9. The van der Waals surface area contributed by atoms with Gasteiger partial charge in [0.2, 0.25) is 5.82 Å². The van der Waals surface area contributed by atoms with Crippen LogP contribution in [0.1, 0.15) is 39.0 Å². The summed E-state index contributed by atoms with van der Waals surface area (Å²) in [6.45, 7) is 2.08. The van der Waals surface area contributed by atoms with Gasteiger partial charge in [-0.15, -0.1) is 0 Å². The topological polar surface area (TPSA) is 106 Å². The lowest BCUT2D eigenvalue weighted by Crippen LogP contribution is -2.37. The molecule has 4 N–H and O–H groups in total. The first-order valence-corrected chi connectivity index (χ1v) is 6.44. The normalized spacial score (nSPS) is 17.8. The maximum absolute atomic E-state index is 11.0. The molecule has 0 aromatic carbocycles. The Labute approximate surface area is 111 Å². The third kappa shape index (κ3) is 3.11. The summed E-state index contributed by atoms with van der Waals surface area (Å²) in [4.78, 5) is 14.8. The van der Waals surface area contributed by atoms with Crippen LogP contribution >= 0.6 is 0 Å². The zero-order valence-electron chi connectivity index (χ0n) is 11.0. The predicted octanol–water partition coefficient (Wildman–Crippen LogP) is 2.41. The van der Waals surface area contributed by atoms with Gasteiger partial charge < -0.3 is 10.7 Å². The summed E-state index contributed by atoms with van der Waals surface area (Å²) in [7, 11) is 0. The van der Waals surface area contributed by atoms with Crippen LogP contribution in [0, 0.1) is 10.1 Å². The molecule has 0 spiro atoms. The molecule has 0 radical (unpaired) electrons. The largest absolute Gasteiger partial charge is 0.359 e. The van der Waals surface area contributed by atoms with Crippen molar-refractivity contribution in [2.45, 2.75) is 44.6 Å². The quantitative estimate of drug-likeness (QED) is 0.438. The lowest BCUT2D eigenvalue weighted by molar-refractivity contribution is -0.384. The highest BCUT2D eigenvalue weighted by Crippen LogP contribution is 2.34. The molecule has 0 atom stereocenters. The number of rotatable bonds is 4. The number of nitrogens with two attached hydrogens (primary N) is 1. The summed E-state index contributed by atoms with van der Waals surface area (Å²) in [6.07, 6.45) is 5.47. The van der Waals surface area contributed by atoms with E-state index in [1.807, 2.05) is 0 Å². The average Bonchev–Trinajstić information content (AvgIpc) is 2.38. The number of nitrogens with zero attached hydrogens (tertiary/aromatic N) is 2. The van der Waals surface area contributed by atoms with Crippen LogP contribution in [0.5, 0.6) is 0 Å². The third-order valence-electron chi connectivity index (χ3n) is 3.60. The highest BCUT2D eigenvalue weighted by atomic mass is 16.6. The molecule has 1 aromatic heterocycles. The molecular formula is C12H19N5O2. The molecular weight excluding hydrogens is 246 g/mol. The molecule has 0 saturated heterocycles. The van der Waals surface area contributed by atoms with Crippen LogP contribution in [0.4, 0.5) is 17.3 Å². The molecule has 1 aromatic rings. The molecule has 1 heterocycles. The van der Waals surface area contributed by atoms with Gasteiger partial charge in [-0.1, -0.05) is 19.3 Å². The summed E-state index contributed by atoms with van der Waals surface area (Å²) < 4.78 is 0. The summed E-state index contributed by atoms with van der Waals surface area (Å²) in [6, 6.07) is 2.91. The van der Waals surface area contributed by atoms with Crippen molar-refractivity contribution >= 4 is 17.3 Å². The monoisotopic (exact) mass is 265 g/mol. The number of anilines is 2. The standard InChI is InChI=1S/C12H19N5O2/c1-12(7-3-2-4-8-12)15-11-9(17(18)19)5-6-10(14-11)16-13/h5-6H,2-4,7-8,13H2,1H3,(H2,14,15,16). The first-order valence-electron chi connectivity index (χ1n) is 6.44. The molecule has 2 rings (SSSR count). The first-order chi connectivity index (χ1) is 9.04. The second-order valence-corrected chi connectivity index (χ2v) is 5.21. The van der Waals surface area contributed by atoms with Crippen molar-refractivity contribution in [1.29, 1.82) is 0 Å². The second kappa shape index (κ2) is 5.40. The zero-order valence-corrected chi connectivity index (χ0v) is 11.0. The highest BCUT2D eigenvalue weighted by molar-refractivity contribution is 5.61. The molecule has 7 heteroatoms. The van der Waals surface area contributed by atoms with Gasteiger partial charge >= 0.3 is 5.69 Å². The van der Waals surface area contributed by atoms with Gasteiger partial charge in [-0.25, -0.2) is 10.8 Å². The Morgan fingerprint density at radius 3 is 2.63 bits per heavy atom. The van der Waals surface area contributed by atoms with E-state index in [1.165, 1.54) is 18.6 Å². The third-order valence-corrected chi connectivity index (χ3v) is 3.60. The Balaban J connectivity index is 2.28. The smallest absolute Gasteiger partial charge is 0.311 e. The number of nitrogen functional groups attached to an aromatic ring is 1. The van der Waals surface area contributed by atoms with Crippen LogP contribution in [0.2, 0.25) is 0 Å². The number of pyridine rings is 1. The minimum Gasteiger partial charge on any atom is -0.359 e. The van der Waals surface area contributed by atoms with Crippen LogP contribution in [0.25, 0.3) is 0 Å². The van der Waals surface area contributed by atoms with Gasteiger partial charge in [-0.3, -0.25) is 10.1 Å². The Kier molecular flexibility index (Phi) is 3.84. The molecule has 7 nitrogen and oxygen atoms in total. The van der Waals surface area contributed by atoms with Crippen molar-refractivity contribution in [2.24, 2.45) is 5.84 Å². The van der Waals surface area contributed by atoms with Crippen LogP contribution in [0.3, 0.4) is 0 Å². The number of hydrazine groups is 1. The number of nitrogens with one attached hydrogen (secondary N) is 2. The molecule has 1 fully saturated rings. The van der Waals surface area contributed by atoms with Crippen molar-refractivity contribution in [2.75, 3.05) is 10.7 Å². The summed E-state index contributed by atoms with van der Waals surface area (Å²) in [5.41, 5.74) is 2.25. The van der Waals surface area contributed by atoms with Gasteiger partial charge in [0.15, 0.2) is 0 Å². The fourth-order valence-corrected chi connectivity index (χ4v) is 2.51. The second-order valence-electron chi connectivity index (χ2n) is 5.21. The van der Waals surface area contributed by atoms with Crippen LogP contribution in [-0.2, 0) is 0 Å². The Morgan fingerprint density at radius 2 is 2.05 bits per heavy atom. The first kappa shape index (κ1) is 13.5. The fraction of sp³-hybridized carbons (Fsp3) is 0.583. The molecule has 0 bridgehead atoms. The van der Waals surface area contributed by atoms with Gasteiger partial charge in [0, 0.05) is 11.6 Å². The minimum atomic E-state index is -0.429. The van der Waals surface area contributed by atoms with Crippen molar-refractivity contribution in [1.82, 2.24) is 4.98 Å². The summed E-state index contributed by atoms with van der Waals surface area (Å²) >= 11 is 0. The van der Waals surface area contributed by atoms with Crippen molar-refractivity contribution < 1.29 is 4.92 Å². The fourth-order valence-electron chi connectivity index (χ4n) is 2.51. The maximum Gasteiger partial charge on any atom is 0.311 e. The van der Waals surface area contributed by atoms with E-state index in [0.29, 0.717) is 5.82 Å². The van der Waals surface area contributed by atoms with Gasteiger partial charge in [0.05, 0.1) is 4.92 Å². The minimum absolute atomic E-state index is 0.0224. The Morgan fingerprint density at radius 1 is 1.37 bits per heavy atom. The van der Waals surface area contributed by atoms with Crippen molar-refractivity contribution in [3.8, 4) is 0 Å². The van der Waals surface area contributed by atoms with E-state index in [4.69, 9.17) is 5.84 Å². The predicted molar refractivity (Wildman–Crippen MR) is 73.8 cm³/mol. The van der Waals surface area contributed by atoms with E-state index in [1.54, 1.807) is 0 Å². The lowest BCUT2D eigenvalue weighted by atomic mass is 9.83. The van der Waals surface area contributed by atoms with Crippen LogP contribution in [-0.4, -0.2) is 15.4 Å². The SMILES string of the molecule is CC1(Nc2nc(NN)ccc2[N+](=O)[O-])CCCCC1. The van der Waals surface area contributed by atoms with Crippen LogP contribution < -0.4 is 16.6 Å². The molecule has 1 aliphatic carbocycles. The number of aromatic nitrogens is 1. The molecule has 104 valence electrons. The Bertz CT molecular complexity index is 471. The van der Waals surface area contributed by atoms with Crippen molar-refractivity contribution in [3.63, 3.8) is 0 Å². The molecule has 1 saturated carbocycles. The maximum atomic E-state index is 11.0. The van der Waals surface area contributed by atoms with Crippen molar-refractivity contribution in [3.05, 3.63) is 22.2 Å². The Hall–Kier alpha value is -1.89. The molecule has 19 heavy (non-hydrogen) atoms. The molecule has 0 unspecified atom stereocenters. The van der Waals surface area contributed by atoms with E-state index in [9.17, 15) is 10.1 Å². The van der Waals surface area contributed by atoms with E-state index in [-0.39, 0.29) is 17.0 Å². The molecule has 0 aliphatic heterocycles. The number of hydrogen-bond acceptors (Lipinski definition) is 6. The highest BCUT2D eigenvalue weighted by Gasteiger charge is 2.29. The van der Waals surface area contributed by atoms with E-state index in [2.05, 4.69) is 22.7 Å². The van der Waals surface area contributed by atoms with E-state index >= 15 is 0 Å². The van der Waals surface area contributed by atoms with Crippen LogP contribution in [0.15, 0.2) is 12.1 Å². The van der Waals surface area contributed by atoms with Gasteiger partial charge in [0.1, 0.15) is 5.82 Å². The van der Waals surface area contributed by atoms with Gasteiger partial charge in [-0.05, 0) is 25.8 Å². The van der Waals surface area contributed by atoms with E-state index in [0.717, 1.165) is 25.7 Å². The number of hydrogen-bond donors (Lipinski definition) is 3. The average molecular weight is 265 g/mol. The van der Waals surface area contributed by atoms with E-state index < -0.39 is 4.92 Å². The summed E-state index contributed by atoms with van der Waals surface area (Å²) in [5.74, 6) is 5.99. The number of nitro groups is 1. The molecule has 0 amide bonds. The summed E-state index contributed by atoms with van der Waals surface area (Å²) in [5, 5.41) is 14.3. The van der Waals surface area contributed by atoms with Gasteiger partial charge in [-0.2, -0.15) is 0 Å². The van der Waals surface area contributed by atoms with Gasteiger partial charge in [0.25, 0.3) is 0 Å². The lowest BCUT2D eigenvalue weighted by Gasteiger charge is -2.34. The molecule has 1 aliphatic rings.